The van der Waals surface area contributed by atoms with Gasteiger partial charge in [-0.3, -0.25) is 0 Å². The fourth-order valence-electron chi connectivity index (χ4n) is 4.74. The van der Waals surface area contributed by atoms with Gasteiger partial charge in [-0.2, -0.15) is 0 Å². The van der Waals surface area contributed by atoms with Crippen molar-refractivity contribution in [2.75, 3.05) is 63.6 Å². The van der Waals surface area contributed by atoms with Gasteiger partial charge in [-0.25, -0.2) is 4.98 Å². The summed E-state index contributed by atoms with van der Waals surface area (Å²) >= 11 is 0. The summed E-state index contributed by atoms with van der Waals surface area (Å²) in [7, 11) is 3.85. The van der Waals surface area contributed by atoms with Gasteiger partial charge in [-0.1, -0.05) is 12.1 Å². The second kappa shape index (κ2) is 13.3. The first-order valence-corrected chi connectivity index (χ1v) is 13.3. The molecule has 0 unspecified atom stereocenters. The Labute approximate surface area is 216 Å². The molecule has 1 fully saturated rings. The normalized spacial score (nSPS) is 13.7. The highest BCUT2D eigenvalue weighted by atomic mass is 16.5. The van der Waals surface area contributed by atoms with Crippen molar-refractivity contribution >= 4 is 11.4 Å². The van der Waals surface area contributed by atoms with E-state index < -0.39 is 0 Å². The summed E-state index contributed by atoms with van der Waals surface area (Å²) in [6, 6.07) is 21.3. The lowest BCUT2D eigenvalue weighted by Gasteiger charge is -2.28. The smallest absolute Gasteiger partial charge is 0.118 e. The van der Waals surface area contributed by atoms with Crippen molar-refractivity contribution in [1.82, 2.24) is 9.88 Å². The minimum Gasteiger partial charge on any atom is -0.497 e. The fraction of sp³-hybridized carbons (Fsp3) is 0.433. The highest BCUT2D eigenvalue weighted by Crippen LogP contribution is 2.30. The second-order valence-electron chi connectivity index (χ2n) is 9.68. The molecule has 1 aliphatic heterocycles. The van der Waals surface area contributed by atoms with Crippen LogP contribution in [0.15, 0.2) is 60.7 Å². The number of piperidine rings is 1. The molecule has 1 saturated heterocycles. The molecule has 0 radical (unpaired) electrons. The zero-order valence-corrected chi connectivity index (χ0v) is 21.9. The number of hydrogen-bond donors (Lipinski definition) is 2. The molecule has 0 bridgehead atoms. The Morgan fingerprint density at radius 1 is 0.889 bits per heavy atom. The molecule has 0 atom stereocenters. The molecule has 6 heteroatoms. The van der Waals surface area contributed by atoms with E-state index in [1.54, 1.807) is 7.11 Å². The van der Waals surface area contributed by atoms with E-state index in [-0.39, 0.29) is 0 Å². The van der Waals surface area contributed by atoms with Crippen LogP contribution < -0.4 is 20.7 Å². The van der Waals surface area contributed by atoms with Crippen molar-refractivity contribution in [3.05, 3.63) is 60.7 Å². The molecule has 0 saturated carbocycles. The maximum Gasteiger partial charge on any atom is 0.118 e. The van der Waals surface area contributed by atoms with E-state index >= 15 is 0 Å². The van der Waals surface area contributed by atoms with Crippen LogP contribution in [-0.4, -0.2) is 63.3 Å². The molecule has 2 aromatic carbocycles. The zero-order valence-electron chi connectivity index (χ0n) is 21.9. The number of anilines is 2. The SMILES string of the molecule is COc1ccc(-c2cc(NCCCN(C)CCCN)cc(-c3ccc(N4CCCCC4)cc3)n2)cc1. The van der Waals surface area contributed by atoms with Crippen LogP contribution in [0.1, 0.15) is 32.1 Å². The predicted molar refractivity (Wildman–Crippen MR) is 152 cm³/mol. The van der Waals surface area contributed by atoms with Crippen LogP contribution in [0.5, 0.6) is 5.75 Å². The summed E-state index contributed by atoms with van der Waals surface area (Å²) in [5.41, 5.74) is 12.2. The van der Waals surface area contributed by atoms with Crippen molar-refractivity contribution in [2.45, 2.75) is 32.1 Å². The van der Waals surface area contributed by atoms with Crippen molar-refractivity contribution < 1.29 is 4.74 Å². The molecule has 0 aliphatic carbocycles. The Balaban J connectivity index is 1.52. The van der Waals surface area contributed by atoms with Gasteiger partial charge < -0.3 is 25.6 Å². The number of methoxy groups -OCH3 is 1. The number of nitrogens with one attached hydrogen (secondary N) is 1. The average molecular weight is 488 g/mol. The molecular formula is C30H41N5O. The number of nitrogens with two attached hydrogens (primary N) is 1. The molecule has 2 heterocycles. The van der Waals surface area contributed by atoms with Crippen LogP contribution in [0.2, 0.25) is 0 Å². The maximum absolute atomic E-state index is 5.64. The van der Waals surface area contributed by atoms with Crippen LogP contribution in [0.25, 0.3) is 22.5 Å². The van der Waals surface area contributed by atoms with Crippen molar-refractivity contribution in [3.63, 3.8) is 0 Å². The highest BCUT2D eigenvalue weighted by molar-refractivity contribution is 5.73. The van der Waals surface area contributed by atoms with Crippen LogP contribution in [0.3, 0.4) is 0 Å². The van der Waals surface area contributed by atoms with Gasteiger partial charge in [0.15, 0.2) is 0 Å². The minimum absolute atomic E-state index is 0.746. The summed E-state index contributed by atoms with van der Waals surface area (Å²) in [5, 5.41) is 3.64. The lowest BCUT2D eigenvalue weighted by Crippen LogP contribution is -2.29. The van der Waals surface area contributed by atoms with Gasteiger partial charge in [0.05, 0.1) is 18.5 Å². The predicted octanol–water partition coefficient (Wildman–Crippen LogP) is 5.50. The molecule has 0 amide bonds. The first-order valence-electron chi connectivity index (χ1n) is 13.3. The van der Waals surface area contributed by atoms with Gasteiger partial charge >= 0.3 is 0 Å². The highest BCUT2D eigenvalue weighted by Gasteiger charge is 2.12. The number of hydrogen-bond acceptors (Lipinski definition) is 6. The van der Waals surface area contributed by atoms with Gasteiger partial charge in [0.25, 0.3) is 0 Å². The number of ether oxygens (including phenoxy) is 1. The zero-order chi connectivity index (χ0) is 25.2. The second-order valence-corrected chi connectivity index (χ2v) is 9.68. The first kappa shape index (κ1) is 26.0. The number of aromatic nitrogens is 1. The van der Waals surface area contributed by atoms with E-state index in [9.17, 15) is 0 Å². The molecule has 3 aromatic rings. The topological polar surface area (TPSA) is 66.7 Å². The van der Waals surface area contributed by atoms with Crippen LogP contribution in [0.4, 0.5) is 11.4 Å². The Bertz CT molecular complexity index is 1060. The van der Waals surface area contributed by atoms with Gasteiger partial charge in [-0.05, 0) is 107 Å². The number of pyridine rings is 1. The van der Waals surface area contributed by atoms with E-state index in [2.05, 4.69) is 70.7 Å². The number of benzene rings is 2. The summed E-state index contributed by atoms with van der Waals surface area (Å²) in [6.45, 7) is 6.06. The van der Waals surface area contributed by atoms with Gasteiger partial charge in [-0.15, -0.1) is 0 Å². The molecule has 4 rings (SSSR count). The summed E-state index contributed by atoms with van der Waals surface area (Å²) in [5.74, 6) is 0.848. The third kappa shape index (κ3) is 7.21. The summed E-state index contributed by atoms with van der Waals surface area (Å²) in [6.07, 6.45) is 6.02. The van der Waals surface area contributed by atoms with Crippen LogP contribution in [-0.2, 0) is 0 Å². The van der Waals surface area contributed by atoms with Crippen molar-refractivity contribution in [2.24, 2.45) is 5.73 Å². The quantitative estimate of drug-likeness (QED) is 0.329. The third-order valence-corrected chi connectivity index (χ3v) is 6.89. The Hall–Kier alpha value is -3.09. The number of rotatable bonds is 12. The van der Waals surface area contributed by atoms with Crippen molar-refractivity contribution in [3.8, 4) is 28.3 Å². The average Bonchev–Trinajstić information content (AvgIpc) is 2.94. The monoisotopic (exact) mass is 487 g/mol. The van der Waals surface area contributed by atoms with Gasteiger partial charge in [0, 0.05) is 42.1 Å². The van der Waals surface area contributed by atoms with Crippen molar-refractivity contribution in [1.29, 1.82) is 0 Å². The van der Waals surface area contributed by atoms with E-state index in [4.69, 9.17) is 15.5 Å². The van der Waals surface area contributed by atoms with Gasteiger partial charge in [0.1, 0.15) is 5.75 Å². The largest absolute Gasteiger partial charge is 0.497 e. The van der Waals surface area contributed by atoms with Crippen LogP contribution in [0, 0.1) is 0 Å². The lowest BCUT2D eigenvalue weighted by atomic mass is 10.1. The minimum atomic E-state index is 0.746. The first-order chi connectivity index (χ1) is 17.7. The standard InChI is InChI=1S/C30H41N5O/c1-34(18-6-16-31)19-7-17-32-26-22-29(33-30(23-26)25-10-14-28(36-2)15-11-25)24-8-12-27(13-9-24)35-20-4-3-5-21-35/h8-15,22-23H,3-7,16-21,31H2,1-2H3,(H,32,33). The number of nitrogens with zero attached hydrogens (tertiary/aromatic N) is 3. The molecule has 192 valence electrons. The Morgan fingerprint density at radius 3 is 2.11 bits per heavy atom. The molecule has 1 aromatic heterocycles. The molecule has 1 aliphatic rings. The molecule has 3 N–H and O–H groups in total. The van der Waals surface area contributed by atoms with E-state index in [0.29, 0.717) is 0 Å². The molecule has 0 spiro atoms. The summed E-state index contributed by atoms with van der Waals surface area (Å²) in [4.78, 5) is 9.89. The van der Waals surface area contributed by atoms with E-state index in [0.717, 1.165) is 86.1 Å². The lowest BCUT2D eigenvalue weighted by molar-refractivity contribution is 0.330. The fourth-order valence-corrected chi connectivity index (χ4v) is 4.74. The Morgan fingerprint density at radius 2 is 1.50 bits per heavy atom. The Kier molecular flexibility index (Phi) is 9.59. The molecule has 36 heavy (non-hydrogen) atoms. The third-order valence-electron chi connectivity index (χ3n) is 6.89. The molecular weight excluding hydrogens is 446 g/mol. The summed E-state index contributed by atoms with van der Waals surface area (Å²) < 4.78 is 5.34. The maximum atomic E-state index is 5.64. The van der Waals surface area contributed by atoms with Crippen LogP contribution >= 0.6 is 0 Å². The van der Waals surface area contributed by atoms with E-state index in [1.165, 1.54) is 24.9 Å². The molecule has 6 nitrogen and oxygen atoms in total. The van der Waals surface area contributed by atoms with E-state index in [1.807, 2.05) is 12.1 Å². The van der Waals surface area contributed by atoms with Gasteiger partial charge in [0.2, 0.25) is 0 Å².